The van der Waals surface area contributed by atoms with Gasteiger partial charge in [-0.15, -0.1) is 0 Å². The molecule has 1 amide bonds. The number of carbonyl (C=O) groups excluding carboxylic acids is 1. The van der Waals surface area contributed by atoms with E-state index in [4.69, 9.17) is 5.73 Å². The van der Waals surface area contributed by atoms with Crippen LogP contribution in [-0.2, 0) is 4.79 Å². The first kappa shape index (κ1) is 29.4. The van der Waals surface area contributed by atoms with Crippen molar-refractivity contribution < 1.29 is 4.79 Å². The summed E-state index contributed by atoms with van der Waals surface area (Å²) in [5.74, 6) is 0.198. The van der Waals surface area contributed by atoms with Crippen LogP contribution in [0.2, 0.25) is 0 Å². The van der Waals surface area contributed by atoms with Gasteiger partial charge in [-0.05, 0) is 25.7 Å². The Morgan fingerprint density at radius 3 is 1.57 bits per heavy atom. The van der Waals surface area contributed by atoms with Gasteiger partial charge in [0.2, 0.25) is 5.91 Å². The van der Waals surface area contributed by atoms with Crippen molar-refractivity contribution in [2.45, 2.75) is 168 Å². The number of nitrogens with two attached hydrogens (primary N) is 1. The van der Waals surface area contributed by atoms with E-state index in [1.807, 2.05) is 0 Å². The normalized spacial score (nSPS) is 14.4. The van der Waals surface area contributed by atoms with Crippen LogP contribution in [0.25, 0.3) is 0 Å². The molecule has 3 heteroatoms. The molecule has 3 N–H and O–H groups in total. The standard InChI is InChI=1S/C27H56N2O/c1-5-9-11-12-13-14-15-16-17-18-19-20-21-23-26(30)29-25(7-3)27(28,8-4)24-22-10-6-2/h25H,5-24,28H2,1-4H3,(H,29,30). The fourth-order valence-corrected chi connectivity index (χ4v) is 4.52. The highest BCUT2D eigenvalue weighted by Gasteiger charge is 2.32. The average molecular weight is 425 g/mol. The second kappa shape index (κ2) is 20.3. The van der Waals surface area contributed by atoms with E-state index in [1.54, 1.807) is 0 Å². The molecule has 0 saturated carbocycles. The molecule has 0 aliphatic heterocycles. The Bertz CT molecular complexity index is 385. The fraction of sp³-hybridized carbons (Fsp3) is 0.963. The summed E-state index contributed by atoms with van der Waals surface area (Å²) in [5.41, 5.74) is 6.45. The topological polar surface area (TPSA) is 55.1 Å². The molecule has 0 aliphatic carbocycles. The highest BCUT2D eigenvalue weighted by molar-refractivity contribution is 5.76. The monoisotopic (exact) mass is 424 g/mol. The number of hydrogen-bond donors (Lipinski definition) is 2. The molecular formula is C27H56N2O. The minimum absolute atomic E-state index is 0.105. The Morgan fingerprint density at radius 1 is 0.700 bits per heavy atom. The van der Waals surface area contributed by atoms with Gasteiger partial charge in [0.05, 0.1) is 0 Å². The lowest BCUT2D eigenvalue weighted by molar-refractivity contribution is -0.122. The smallest absolute Gasteiger partial charge is 0.220 e. The van der Waals surface area contributed by atoms with Crippen LogP contribution < -0.4 is 11.1 Å². The van der Waals surface area contributed by atoms with Crippen LogP contribution in [0.1, 0.15) is 156 Å². The zero-order chi connectivity index (χ0) is 22.5. The average Bonchev–Trinajstić information content (AvgIpc) is 2.75. The minimum atomic E-state index is -0.254. The van der Waals surface area contributed by atoms with E-state index >= 15 is 0 Å². The van der Waals surface area contributed by atoms with Crippen LogP contribution in [-0.4, -0.2) is 17.5 Å². The van der Waals surface area contributed by atoms with Crippen molar-refractivity contribution in [2.75, 3.05) is 0 Å². The first-order chi connectivity index (χ1) is 14.5. The summed E-state index contributed by atoms with van der Waals surface area (Å²) >= 11 is 0. The van der Waals surface area contributed by atoms with E-state index in [2.05, 4.69) is 33.0 Å². The van der Waals surface area contributed by atoms with Crippen LogP contribution in [0.5, 0.6) is 0 Å². The molecule has 0 rings (SSSR count). The first-order valence-electron chi connectivity index (χ1n) is 13.6. The van der Waals surface area contributed by atoms with Crippen molar-refractivity contribution in [1.29, 1.82) is 0 Å². The largest absolute Gasteiger partial charge is 0.352 e. The van der Waals surface area contributed by atoms with E-state index in [0.29, 0.717) is 6.42 Å². The Balaban J connectivity index is 3.77. The van der Waals surface area contributed by atoms with E-state index in [0.717, 1.165) is 32.1 Å². The lowest BCUT2D eigenvalue weighted by Gasteiger charge is -2.37. The van der Waals surface area contributed by atoms with Crippen LogP contribution in [0, 0.1) is 0 Å². The van der Waals surface area contributed by atoms with Crippen LogP contribution in [0.3, 0.4) is 0 Å². The number of carbonyl (C=O) groups is 1. The summed E-state index contributed by atoms with van der Waals surface area (Å²) in [5, 5.41) is 3.26. The molecule has 2 atom stereocenters. The molecule has 2 unspecified atom stereocenters. The summed E-state index contributed by atoms with van der Waals surface area (Å²) < 4.78 is 0. The summed E-state index contributed by atoms with van der Waals surface area (Å²) in [6.45, 7) is 8.81. The second-order valence-electron chi connectivity index (χ2n) is 9.56. The van der Waals surface area contributed by atoms with E-state index in [1.165, 1.54) is 89.9 Å². The fourth-order valence-electron chi connectivity index (χ4n) is 4.52. The van der Waals surface area contributed by atoms with Gasteiger partial charge in [-0.3, -0.25) is 4.79 Å². The molecule has 0 aromatic carbocycles. The van der Waals surface area contributed by atoms with Crippen molar-refractivity contribution in [3.05, 3.63) is 0 Å². The summed E-state index contributed by atoms with van der Waals surface area (Å²) in [7, 11) is 0. The molecule has 30 heavy (non-hydrogen) atoms. The first-order valence-corrected chi connectivity index (χ1v) is 13.6. The Kier molecular flexibility index (Phi) is 20.0. The van der Waals surface area contributed by atoms with Crippen molar-refractivity contribution in [1.82, 2.24) is 5.32 Å². The third-order valence-electron chi connectivity index (χ3n) is 6.85. The summed E-state index contributed by atoms with van der Waals surface area (Å²) in [6.07, 6.45) is 24.5. The molecule has 0 aromatic rings. The third kappa shape index (κ3) is 15.3. The molecule has 0 fully saturated rings. The van der Waals surface area contributed by atoms with Crippen molar-refractivity contribution in [3.8, 4) is 0 Å². The molecular weight excluding hydrogens is 368 g/mol. The lowest BCUT2D eigenvalue weighted by atomic mass is 9.81. The van der Waals surface area contributed by atoms with Gasteiger partial charge in [0.25, 0.3) is 0 Å². The molecule has 0 aromatic heterocycles. The van der Waals surface area contributed by atoms with E-state index in [9.17, 15) is 4.79 Å². The maximum atomic E-state index is 12.4. The van der Waals surface area contributed by atoms with Gasteiger partial charge in [0.1, 0.15) is 0 Å². The zero-order valence-electron chi connectivity index (χ0n) is 21.2. The predicted molar refractivity (Wildman–Crippen MR) is 134 cm³/mol. The van der Waals surface area contributed by atoms with Crippen LogP contribution >= 0.6 is 0 Å². The van der Waals surface area contributed by atoms with Gasteiger partial charge in [-0.25, -0.2) is 0 Å². The molecule has 0 spiro atoms. The molecule has 0 aliphatic rings. The summed E-state index contributed by atoms with van der Waals surface area (Å²) in [4.78, 5) is 12.4. The molecule has 180 valence electrons. The van der Waals surface area contributed by atoms with Crippen molar-refractivity contribution in [2.24, 2.45) is 5.73 Å². The van der Waals surface area contributed by atoms with Gasteiger partial charge in [0, 0.05) is 18.0 Å². The Morgan fingerprint density at radius 2 is 1.13 bits per heavy atom. The number of rotatable bonds is 22. The maximum absolute atomic E-state index is 12.4. The van der Waals surface area contributed by atoms with E-state index < -0.39 is 0 Å². The lowest BCUT2D eigenvalue weighted by Crippen LogP contribution is -2.58. The Labute approximate surface area is 189 Å². The van der Waals surface area contributed by atoms with Gasteiger partial charge in [0.15, 0.2) is 0 Å². The highest BCUT2D eigenvalue weighted by Crippen LogP contribution is 2.23. The van der Waals surface area contributed by atoms with Gasteiger partial charge >= 0.3 is 0 Å². The van der Waals surface area contributed by atoms with Crippen LogP contribution in [0.15, 0.2) is 0 Å². The molecule has 0 saturated heterocycles. The van der Waals surface area contributed by atoms with Crippen LogP contribution in [0.4, 0.5) is 0 Å². The number of amides is 1. The van der Waals surface area contributed by atoms with Gasteiger partial charge < -0.3 is 11.1 Å². The minimum Gasteiger partial charge on any atom is -0.352 e. The van der Waals surface area contributed by atoms with Gasteiger partial charge in [-0.2, -0.15) is 0 Å². The second-order valence-corrected chi connectivity index (χ2v) is 9.56. The molecule has 0 bridgehead atoms. The van der Waals surface area contributed by atoms with Gasteiger partial charge in [-0.1, -0.05) is 124 Å². The SMILES string of the molecule is CCCCCCCCCCCCCCCC(=O)NC(CC)C(N)(CC)CCCCC. The molecule has 0 radical (unpaired) electrons. The summed E-state index contributed by atoms with van der Waals surface area (Å²) in [6, 6.07) is 0.105. The Hall–Kier alpha value is -0.570. The van der Waals surface area contributed by atoms with E-state index in [-0.39, 0.29) is 17.5 Å². The maximum Gasteiger partial charge on any atom is 0.220 e. The third-order valence-corrected chi connectivity index (χ3v) is 6.85. The predicted octanol–water partition coefficient (Wildman–Crippen LogP) is 8.05. The number of hydrogen-bond acceptors (Lipinski definition) is 2. The zero-order valence-corrected chi connectivity index (χ0v) is 21.2. The highest BCUT2D eigenvalue weighted by atomic mass is 16.1. The van der Waals surface area contributed by atoms with Crippen molar-refractivity contribution >= 4 is 5.91 Å². The molecule has 3 nitrogen and oxygen atoms in total. The quantitative estimate of drug-likeness (QED) is 0.173. The number of nitrogens with one attached hydrogen (secondary N) is 1. The molecule has 0 heterocycles. The number of unbranched alkanes of at least 4 members (excludes halogenated alkanes) is 14. The van der Waals surface area contributed by atoms with Crippen molar-refractivity contribution in [3.63, 3.8) is 0 Å².